The van der Waals surface area contributed by atoms with Gasteiger partial charge in [-0.2, -0.15) is 0 Å². The van der Waals surface area contributed by atoms with E-state index in [0.29, 0.717) is 10.9 Å². The van der Waals surface area contributed by atoms with Crippen LogP contribution in [0.3, 0.4) is 0 Å². The summed E-state index contributed by atoms with van der Waals surface area (Å²) in [7, 11) is 5.21. The highest BCUT2D eigenvalue weighted by Gasteiger charge is 2.48. The molecule has 1 spiro atoms. The van der Waals surface area contributed by atoms with Gasteiger partial charge < -0.3 is 14.2 Å². The van der Waals surface area contributed by atoms with Crippen LogP contribution in [-0.2, 0) is 11.3 Å². The summed E-state index contributed by atoms with van der Waals surface area (Å²) in [6, 6.07) is 6.09. The van der Waals surface area contributed by atoms with Crippen LogP contribution in [0.1, 0.15) is 12.0 Å². The lowest BCUT2D eigenvalue weighted by molar-refractivity contribution is 0.0630. The lowest BCUT2D eigenvalue weighted by atomic mass is 9.92. The molecule has 0 bridgehead atoms. The molecule has 0 aliphatic carbocycles. The van der Waals surface area contributed by atoms with E-state index in [-0.39, 0.29) is 0 Å². The standard InChI is InChI=1S/C16H23NO3S/c1-18-13-4-12(5-14(6-13)19-2)8-17-10-16(11-17)7-15(20-3)9-21-16/h4-6,15H,7-11H2,1-3H3/t15-/m1/s1. The lowest BCUT2D eigenvalue weighted by Gasteiger charge is -2.47. The summed E-state index contributed by atoms with van der Waals surface area (Å²) < 4.78 is 16.6. The zero-order chi connectivity index (χ0) is 14.9. The van der Waals surface area contributed by atoms with Crippen LogP contribution in [-0.4, -0.2) is 55.9 Å². The fourth-order valence-electron chi connectivity index (χ4n) is 3.27. The predicted octanol–water partition coefficient (Wildman–Crippen LogP) is 2.41. The van der Waals surface area contributed by atoms with E-state index in [1.807, 2.05) is 13.2 Å². The first kappa shape index (κ1) is 15.0. The molecule has 0 radical (unpaired) electrons. The molecule has 2 fully saturated rings. The third-order valence-corrected chi connectivity index (χ3v) is 5.93. The minimum Gasteiger partial charge on any atom is -0.497 e. The molecule has 2 saturated heterocycles. The molecule has 1 atom stereocenters. The van der Waals surface area contributed by atoms with E-state index < -0.39 is 0 Å². The van der Waals surface area contributed by atoms with Gasteiger partial charge in [-0.3, -0.25) is 4.90 Å². The molecule has 2 aliphatic rings. The summed E-state index contributed by atoms with van der Waals surface area (Å²) in [4.78, 5) is 2.49. The molecule has 2 heterocycles. The normalized spacial score (nSPS) is 24.0. The van der Waals surface area contributed by atoms with Crippen LogP contribution < -0.4 is 9.47 Å². The molecule has 4 nitrogen and oxygen atoms in total. The van der Waals surface area contributed by atoms with Crippen molar-refractivity contribution in [3.63, 3.8) is 0 Å². The fourth-order valence-corrected chi connectivity index (χ4v) is 4.92. The Morgan fingerprint density at radius 2 is 1.81 bits per heavy atom. The summed E-state index contributed by atoms with van der Waals surface area (Å²) in [6.07, 6.45) is 1.63. The quantitative estimate of drug-likeness (QED) is 0.834. The number of methoxy groups -OCH3 is 3. The first-order valence-electron chi connectivity index (χ1n) is 7.27. The van der Waals surface area contributed by atoms with Gasteiger partial charge in [0.1, 0.15) is 11.5 Å². The van der Waals surface area contributed by atoms with E-state index in [4.69, 9.17) is 14.2 Å². The smallest absolute Gasteiger partial charge is 0.122 e. The highest BCUT2D eigenvalue weighted by molar-refractivity contribution is 8.01. The molecule has 1 aromatic rings. The largest absolute Gasteiger partial charge is 0.497 e. The van der Waals surface area contributed by atoms with Gasteiger partial charge in [0, 0.05) is 43.3 Å². The van der Waals surface area contributed by atoms with E-state index in [9.17, 15) is 0 Å². The van der Waals surface area contributed by atoms with E-state index in [1.54, 1.807) is 14.2 Å². The maximum absolute atomic E-state index is 5.48. The Balaban J connectivity index is 1.59. The van der Waals surface area contributed by atoms with Gasteiger partial charge in [0.2, 0.25) is 0 Å². The van der Waals surface area contributed by atoms with Crippen LogP contribution in [0, 0.1) is 0 Å². The molecule has 0 saturated carbocycles. The molecule has 1 aromatic carbocycles. The third kappa shape index (κ3) is 3.15. The number of thioether (sulfide) groups is 1. The Kier molecular flexibility index (Phi) is 4.33. The van der Waals surface area contributed by atoms with Gasteiger partial charge in [0.05, 0.1) is 20.3 Å². The SMILES string of the molecule is COc1cc(CN2CC3(C[C@@H](OC)CS3)C2)cc(OC)c1. The molecule has 116 valence electrons. The van der Waals surface area contributed by atoms with Crippen molar-refractivity contribution in [2.75, 3.05) is 40.2 Å². The highest BCUT2D eigenvalue weighted by atomic mass is 32.2. The Morgan fingerprint density at radius 1 is 1.14 bits per heavy atom. The summed E-state index contributed by atoms with van der Waals surface area (Å²) in [6.45, 7) is 3.25. The molecule has 21 heavy (non-hydrogen) atoms. The number of benzene rings is 1. The topological polar surface area (TPSA) is 30.9 Å². The zero-order valence-electron chi connectivity index (χ0n) is 12.9. The Labute approximate surface area is 130 Å². The molecule has 2 aliphatic heterocycles. The second-order valence-electron chi connectivity index (χ2n) is 5.92. The number of rotatable bonds is 5. The molecule has 0 amide bonds. The van der Waals surface area contributed by atoms with Crippen molar-refractivity contribution in [2.24, 2.45) is 0 Å². The van der Waals surface area contributed by atoms with Gasteiger partial charge >= 0.3 is 0 Å². The predicted molar refractivity (Wildman–Crippen MR) is 85.4 cm³/mol. The first-order valence-corrected chi connectivity index (χ1v) is 8.26. The number of hydrogen-bond acceptors (Lipinski definition) is 5. The van der Waals surface area contributed by atoms with Gasteiger partial charge in [-0.15, -0.1) is 11.8 Å². The van der Waals surface area contributed by atoms with E-state index in [2.05, 4.69) is 28.8 Å². The van der Waals surface area contributed by atoms with E-state index >= 15 is 0 Å². The monoisotopic (exact) mass is 309 g/mol. The van der Waals surface area contributed by atoms with Crippen LogP contribution in [0.2, 0.25) is 0 Å². The van der Waals surface area contributed by atoms with Gasteiger partial charge in [-0.1, -0.05) is 0 Å². The van der Waals surface area contributed by atoms with Crippen molar-refractivity contribution in [3.8, 4) is 11.5 Å². The summed E-state index contributed by atoms with van der Waals surface area (Å²) in [5.74, 6) is 2.85. The molecule has 5 heteroatoms. The highest BCUT2D eigenvalue weighted by Crippen LogP contribution is 2.46. The zero-order valence-corrected chi connectivity index (χ0v) is 13.7. The van der Waals surface area contributed by atoms with Crippen LogP contribution in [0.4, 0.5) is 0 Å². The van der Waals surface area contributed by atoms with Gasteiger partial charge in [-0.05, 0) is 24.1 Å². The molecule has 0 N–H and O–H groups in total. The Morgan fingerprint density at radius 3 is 2.33 bits per heavy atom. The minimum absolute atomic E-state index is 0.434. The van der Waals surface area contributed by atoms with E-state index in [1.165, 1.54) is 12.0 Å². The van der Waals surface area contributed by atoms with Crippen molar-refractivity contribution in [3.05, 3.63) is 23.8 Å². The second kappa shape index (κ2) is 6.07. The first-order chi connectivity index (χ1) is 10.2. The average molecular weight is 309 g/mol. The molecule has 0 unspecified atom stereocenters. The van der Waals surface area contributed by atoms with Crippen molar-refractivity contribution in [2.45, 2.75) is 23.8 Å². The van der Waals surface area contributed by atoms with Crippen LogP contribution in [0.5, 0.6) is 11.5 Å². The van der Waals surface area contributed by atoms with Crippen molar-refractivity contribution in [1.29, 1.82) is 0 Å². The molecule has 3 rings (SSSR count). The third-order valence-electron chi connectivity index (χ3n) is 4.35. The molecular formula is C16H23NO3S. The lowest BCUT2D eigenvalue weighted by Crippen LogP contribution is -2.58. The van der Waals surface area contributed by atoms with Crippen molar-refractivity contribution < 1.29 is 14.2 Å². The van der Waals surface area contributed by atoms with Gasteiger partial charge in [-0.25, -0.2) is 0 Å². The van der Waals surface area contributed by atoms with Gasteiger partial charge in [0.15, 0.2) is 0 Å². The maximum Gasteiger partial charge on any atom is 0.122 e. The van der Waals surface area contributed by atoms with E-state index in [0.717, 1.165) is 36.9 Å². The van der Waals surface area contributed by atoms with Crippen LogP contribution in [0.15, 0.2) is 18.2 Å². The summed E-state index contributed by atoms with van der Waals surface area (Å²) in [5, 5.41) is 0. The van der Waals surface area contributed by atoms with Gasteiger partial charge in [0.25, 0.3) is 0 Å². The average Bonchev–Trinajstić information content (AvgIpc) is 2.91. The van der Waals surface area contributed by atoms with Crippen LogP contribution >= 0.6 is 11.8 Å². The summed E-state index contributed by atoms with van der Waals surface area (Å²) in [5.41, 5.74) is 1.24. The number of hydrogen-bond donors (Lipinski definition) is 0. The number of nitrogens with zero attached hydrogens (tertiary/aromatic N) is 1. The molecule has 0 aromatic heterocycles. The molecular weight excluding hydrogens is 286 g/mol. The maximum atomic E-state index is 5.48. The second-order valence-corrected chi connectivity index (χ2v) is 7.41. The minimum atomic E-state index is 0.434. The number of ether oxygens (including phenoxy) is 3. The van der Waals surface area contributed by atoms with Crippen molar-refractivity contribution in [1.82, 2.24) is 4.90 Å². The van der Waals surface area contributed by atoms with Crippen LogP contribution in [0.25, 0.3) is 0 Å². The van der Waals surface area contributed by atoms with Crippen molar-refractivity contribution >= 4 is 11.8 Å². The number of likely N-dealkylation sites (tertiary alicyclic amines) is 1. The fraction of sp³-hybridized carbons (Fsp3) is 0.625. The summed E-state index contributed by atoms with van der Waals surface area (Å²) >= 11 is 2.08. The Hall–Kier alpha value is -0.910. The Bertz CT molecular complexity index is 480.